The fourth-order valence-corrected chi connectivity index (χ4v) is 2.42. The first kappa shape index (κ1) is 14.0. The quantitative estimate of drug-likeness (QED) is 0.833. The summed E-state index contributed by atoms with van der Waals surface area (Å²) in [6, 6.07) is 6.15. The van der Waals surface area contributed by atoms with E-state index in [1.54, 1.807) is 24.1 Å². The van der Waals surface area contributed by atoms with Crippen LogP contribution in [-0.2, 0) is 0 Å². The van der Waals surface area contributed by atoms with Crippen LogP contribution in [0, 0.1) is 5.82 Å². The third-order valence-corrected chi connectivity index (χ3v) is 3.65. The number of amides is 1. The third kappa shape index (κ3) is 3.77. The number of nitrogens with zero attached hydrogens (tertiary/aromatic N) is 2. The number of likely N-dealkylation sites (N-methyl/N-ethyl adjacent to an activating group) is 1. The van der Waals surface area contributed by atoms with Crippen molar-refractivity contribution < 1.29 is 9.18 Å². The average molecular weight is 264 g/mol. The summed E-state index contributed by atoms with van der Waals surface area (Å²) in [6.07, 6.45) is 3.79. The molecule has 3 nitrogen and oxygen atoms in total. The molecule has 1 aliphatic heterocycles. The summed E-state index contributed by atoms with van der Waals surface area (Å²) in [5.74, 6) is -0.688. The zero-order valence-corrected chi connectivity index (χ0v) is 11.4. The predicted octanol–water partition coefficient (Wildman–Crippen LogP) is 2.38. The molecular formula is C15H21FN2O. The SMILES string of the molecule is CN(CCN1CCCCC1)C(=O)c1ccccc1F. The molecule has 0 spiro atoms. The molecule has 0 saturated carbocycles. The van der Waals surface area contributed by atoms with Gasteiger partial charge in [0.25, 0.3) is 5.91 Å². The van der Waals surface area contributed by atoms with Crippen LogP contribution >= 0.6 is 0 Å². The highest BCUT2D eigenvalue weighted by Gasteiger charge is 2.17. The summed E-state index contributed by atoms with van der Waals surface area (Å²) >= 11 is 0. The summed E-state index contributed by atoms with van der Waals surface area (Å²) in [5, 5.41) is 0. The summed E-state index contributed by atoms with van der Waals surface area (Å²) in [6.45, 7) is 3.74. The molecule has 1 saturated heterocycles. The van der Waals surface area contributed by atoms with E-state index < -0.39 is 5.82 Å². The van der Waals surface area contributed by atoms with Crippen molar-refractivity contribution in [1.82, 2.24) is 9.80 Å². The number of hydrogen-bond donors (Lipinski definition) is 0. The van der Waals surface area contributed by atoms with E-state index in [1.165, 1.54) is 31.4 Å². The van der Waals surface area contributed by atoms with Gasteiger partial charge in [-0.15, -0.1) is 0 Å². The number of piperidine rings is 1. The lowest BCUT2D eigenvalue weighted by atomic mass is 10.1. The smallest absolute Gasteiger partial charge is 0.256 e. The molecule has 1 aliphatic rings. The Morgan fingerprint density at radius 3 is 2.63 bits per heavy atom. The molecular weight excluding hydrogens is 243 g/mol. The Bertz CT molecular complexity index is 430. The van der Waals surface area contributed by atoms with Crippen molar-refractivity contribution in [3.05, 3.63) is 35.6 Å². The zero-order valence-electron chi connectivity index (χ0n) is 11.4. The lowest BCUT2D eigenvalue weighted by Gasteiger charge is -2.28. The number of carbonyl (C=O) groups is 1. The Labute approximate surface area is 114 Å². The monoisotopic (exact) mass is 264 g/mol. The van der Waals surface area contributed by atoms with Crippen molar-refractivity contribution in [2.45, 2.75) is 19.3 Å². The van der Waals surface area contributed by atoms with Gasteiger partial charge in [0.15, 0.2) is 0 Å². The molecule has 1 fully saturated rings. The number of carbonyl (C=O) groups excluding carboxylic acids is 1. The van der Waals surface area contributed by atoms with Crippen LogP contribution in [-0.4, -0.2) is 48.9 Å². The second kappa shape index (κ2) is 6.66. The maximum absolute atomic E-state index is 13.5. The fourth-order valence-electron chi connectivity index (χ4n) is 2.42. The summed E-state index contributed by atoms with van der Waals surface area (Å²) < 4.78 is 13.5. The van der Waals surface area contributed by atoms with E-state index in [2.05, 4.69) is 4.90 Å². The normalized spacial score (nSPS) is 16.3. The van der Waals surface area contributed by atoms with Crippen LogP contribution in [0.3, 0.4) is 0 Å². The van der Waals surface area contributed by atoms with Crippen LogP contribution in [0.5, 0.6) is 0 Å². The van der Waals surface area contributed by atoms with Crippen LogP contribution in [0.15, 0.2) is 24.3 Å². The van der Waals surface area contributed by atoms with Crippen molar-refractivity contribution in [2.24, 2.45) is 0 Å². The van der Waals surface area contributed by atoms with E-state index in [0.29, 0.717) is 6.54 Å². The topological polar surface area (TPSA) is 23.6 Å². The molecule has 0 bridgehead atoms. The first-order valence-electron chi connectivity index (χ1n) is 6.91. The molecule has 19 heavy (non-hydrogen) atoms. The maximum atomic E-state index is 13.5. The molecule has 0 unspecified atom stereocenters. The number of halogens is 1. The molecule has 0 aliphatic carbocycles. The minimum Gasteiger partial charge on any atom is -0.340 e. The van der Waals surface area contributed by atoms with Crippen molar-refractivity contribution in [3.8, 4) is 0 Å². The van der Waals surface area contributed by atoms with Gasteiger partial charge in [-0.1, -0.05) is 18.6 Å². The highest BCUT2D eigenvalue weighted by atomic mass is 19.1. The highest BCUT2D eigenvalue weighted by Crippen LogP contribution is 2.11. The van der Waals surface area contributed by atoms with Gasteiger partial charge in [0.05, 0.1) is 5.56 Å². The Hall–Kier alpha value is -1.42. The largest absolute Gasteiger partial charge is 0.340 e. The first-order valence-corrected chi connectivity index (χ1v) is 6.91. The van der Waals surface area contributed by atoms with E-state index >= 15 is 0 Å². The van der Waals surface area contributed by atoms with Crippen LogP contribution in [0.4, 0.5) is 4.39 Å². The first-order chi connectivity index (χ1) is 9.18. The second-order valence-corrected chi connectivity index (χ2v) is 5.11. The molecule has 2 rings (SSSR count). The van der Waals surface area contributed by atoms with E-state index in [1.807, 2.05) is 0 Å². The molecule has 1 aromatic carbocycles. The Kier molecular flexibility index (Phi) is 4.91. The molecule has 104 valence electrons. The van der Waals surface area contributed by atoms with Gasteiger partial charge in [0.2, 0.25) is 0 Å². The minimum atomic E-state index is -0.447. The molecule has 0 N–H and O–H groups in total. The highest BCUT2D eigenvalue weighted by molar-refractivity contribution is 5.94. The number of hydrogen-bond acceptors (Lipinski definition) is 2. The lowest BCUT2D eigenvalue weighted by molar-refractivity contribution is 0.0768. The van der Waals surface area contributed by atoms with Gasteiger partial charge in [-0.2, -0.15) is 0 Å². The van der Waals surface area contributed by atoms with Gasteiger partial charge in [-0.25, -0.2) is 4.39 Å². The average Bonchev–Trinajstić information content (AvgIpc) is 2.45. The zero-order chi connectivity index (χ0) is 13.7. The number of benzene rings is 1. The molecule has 1 heterocycles. The molecule has 1 amide bonds. The summed E-state index contributed by atoms with van der Waals surface area (Å²) in [5.41, 5.74) is 0.156. The van der Waals surface area contributed by atoms with E-state index in [9.17, 15) is 9.18 Å². The van der Waals surface area contributed by atoms with Gasteiger partial charge in [-0.3, -0.25) is 4.79 Å². The van der Waals surface area contributed by atoms with E-state index in [-0.39, 0.29) is 11.5 Å². The van der Waals surface area contributed by atoms with Crippen molar-refractivity contribution in [1.29, 1.82) is 0 Å². The molecule has 1 aromatic rings. The van der Waals surface area contributed by atoms with Crippen molar-refractivity contribution in [3.63, 3.8) is 0 Å². The van der Waals surface area contributed by atoms with E-state index in [4.69, 9.17) is 0 Å². The minimum absolute atomic E-state index is 0.156. The summed E-state index contributed by atoms with van der Waals surface area (Å²) in [4.78, 5) is 16.1. The van der Waals surface area contributed by atoms with Crippen LogP contribution in [0.25, 0.3) is 0 Å². The Morgan fingerprint density at radius 1 is 1.26 bits per heavy atom. The van der Waals surface area contributed by atoms with Crippen LogP contribution < -0.4 is 0 Å². The molecule has 4 heteroatoms. The van der Waals surface area contributed by atoms with Gasteiger partial charge in [0, 0.05) is 20.1 Å². The predicted molar refractivity (Wildman–Crippen MR) is 73.7 cm³/mol. The van der Waals surface area contributed by atoms with Gasteiger partial charge < -0.3 is 9.80 Å². The van der Waals surface area contributed by atoms with E-state index in [0.717, 1.165) is 19.6 Å². The van der Waals surface area contributed by atoms with Crippen LogP contribution in [0.1, 0.15) is 29.6 Å². The summed E-state index contributed by atoms with van der Waals surface area (Å²) in [7, 11) is 1.73. The standard InChI is InChI=1S/C15H21FN2O/c1-17(11-12-18-9-5-2-6-10-18)15(19)13-7-3-4-8-14(13)16/h3-4,7-8H,2,5-6,9-12H2,1H3. The second-order valence-electron chi connectivity index (χ2n) is 5.11. The van der Waals surface area contributed by atoms with Gasteiger partial charge in [-0.05, 0) is 38.1 Å². The van der Waals surface area contributed by atoms with Gasteiger partial charge in [0.1, 0.15) is 5.82 Å². The molecule has 0 aromatic heterocycles. The van der Waals surface area contributed by atoms with Crippen LogP contribution in [0.2, 0.25) is 0 Å². The van der Waals surface area contributed by atoms with Gasteiger partial charge >= 0.3 is 0 Å². The molecule has 0 radical (unpaired) electrons. The third-order valence-electron chi connectivity index (χ3n) is 3.65. The lowest BCUT2D eigenvalue weighted by Crippen LogP contribution is -2.38. The molecule has 0 atom stereocenters. The Morgan fingerprint density at radius 2 is 1.95 bits per heavy atom. The number of likely N-dealkylation sites (tertiary alicyclic amines) is 1. The fraction of sp³-hybridized carbons (Fsp3) is 0.533. The van der Waals surface area contributed by atoms with Crippen molar-refractivity contribution >= 4 is 5.91 Å². The van der Waals surface area contributed by atoms with Crippen molar-refractivity contribution in [2.75, 3.05) is 33.2 Å². The Balaban J connectivity index is 1.87. The maximum Gasteiger partial charge on any atom is 0.256 e. The number of rotatable bonds is 4.